The molecule has 0 radical (unpaired) electrons. The second-order valence-corrected chi connectivity index (χ2v) is 4.67. The molecule has 16 heavy (non-hydrogen) atoms. The van der Waals surface area contributed by atoms with Gasteiger partial charge in [-0.05, 0) is 12.5 Å². The zero-order valence-electron chi connectivity index (χ0n) is 10.1. The summed E-state index contributed by atoms with van der Waals surface area (Å²) in [7, 11) is 1.72. The van der Waals surface area contributed by atoms with Gasteiger partial charge in [-0.15, -0.1) is 0 Å². The summed E-state index contributed by atoms with van der Waals surface area (Å²) in [6, 6.07) is 8.16. The van der Waals surface area contributed by atoms with E-state index >= 15 is 0 Å². The van der Waals surface area contributed by atoms with Crippen molar-refractivity contribution in [3.05, 3.63) is 29.8 Å². The summed E-state index contributed by atoms with van der Waals surface area (Å²) in [5.74, 6) is 0.966. The molecule has 0 amide bonds. The molecule has 1 aliphatic rings. The average Bonchev–Trinajstić information content (AvgIpc) is 2.27. The Morgan fingerprint density at radius 2 is 2.06 bits per heavy atom. The molecule has 1 aromatic rings. The Balaban J connectivity index is 1.96. The van der Waals surface area contributed by atoms with Gasteiger partial charge in [0.1, 0.15) is 5.75 Å². The van der Waals surface area contributed by atoms with Gasteiger partial charge in [0, 0.05) is 30.7 Å². The predicted octanol–water partition coefficient (Wildman–Crippen LogP) is 1.62. The second-order valence-electron chi connectivity index (χ2n) is 4.67. The first-order valence-electron chi connectivity index (χ1n) is 5.80. The first kappa shape index (κ1) is 11.4. The van der Waals surface area contributed by atoms with E-state index in [1.54, 1.807) is 7.11 Å². The van der Waals surface area contributed by atoms with Crippen molar-refractivity contribution in [2.75, 3.05) is 20.2 Å². The van der Waals surface area contributed by atoms with Crippen LogP contribution in [0.3, 0.4) is 0 Å². The van der Waals surface area contributed by atoms with Crippen LogP contribution in [0.4, 0.5) is 0 Å². The van der Waals surface area contributed by atoms with Crippen LogP contribution in [0.5, 0.6) is 5.75 Å². The first-order chi connectivity index (χ1) is 7.67. The van der Waals surface area contributed by atoms with Crippen molar-refractivity contribution in [2.24, 2.45) is 5.73 Å². The highest BCUT2D eigenvalue weighted by molar-refractivity contribution is 5.33. The molecular formula is C13H20N2O. The molecule has 2 rings (SSSR count). The van der Waals surface area contributed by atoms with Crippen LogP contribution in [-0.4, -0.2) is 30.6 Å². The minimum absolute atomic E-state index is 0.0437. The smallest absolute Gasteiger partial charge is 0.123 e. The molecule has 1 aromatic carbocycles. The number of nitrogens with two attached hydrogens (primary N) is 1. The number of para-hydroxylation sites is 1. The molecule has 0 aliphatic carbocycles. The van der Waals surface area contributed by atoms with Gasteiger partial charge in [-0.2, -0.15) is 0 Å². The second kappa shape index (κ2) is 4.44. The van der Waals surface area contributed by atoms with E-state index in [1.807, 2.05) is 18.2 Å². The molecule has 0 spiro atoms. The maximum Gasteiger partial charge on any atom is 0.123 e. The standard InChI is InChI=1S/C13H20N2O/c1-3-13(14)9-15(10-13)8-11-6-4-5-7-12(11)16-2/h4-7H,3,8-10,14H2,1-2H3. The molecule has 1 saturated heterocycles. The van der Waals surface area contributed by atoms with Crippen LogP contribution in [0.25, 0.3) is 0 Å². The van der Waals surface area contributed by atoms with Gasteiger partial charge in [-0.25, -0.2) is 0 Å². The Kier molecular flexibility index (Phi) is 3.17. The third-order valence-corrected chi connectivity index (χ3v) is 3.37. The molecule has 1 aliphatic heterocycles. The largest absolute Gasteiger partial charge is 0.496 e. The molecule has 3 nitrogen and oxygen atoms in total. The van der Waals surface area contributed by atoms with Gasteiger partial charge >= 0.3 is 0 Å². The number of hydrogen-bond donors (Lipinski definition) is 1. The zero-order chi connectivity index (χ0) is 11.6. The number of likely N-dealkylation sites (tertiary alicyclic amines) is 1. The van der Waals surface area contributed by atoms with E-state index in [9.17, 15) is 0 Å². The number of nitrogens with zero attached hydrogens (tertiary/aromatic N) is 1. The van der Waals surface area contributed by atoms with Gasteiger partial charge in [-0.3, -0.25) is 4.90 Å². The van der Waals surface area contributed by atoms with Gasteiger partial charge in [0.2, 0.25) is 0 Å². The summed E-state index contributed by atoms with van der Waals surface area (Å²) in [6.07, 6.45) is 1.05. The Bertz CT molecular complexity index is 359. The highest BCUT2D eigenvalue weighted by Gasteiger charge is 2.37. The fraction of sp³-hybridized carbons (Fsp3) is 0.538. The lowest BCUT2D eigenvalue weighted by molar-refractivity contribution is 0.0600. The van der Waals surface area contributed by atoms with Crippen molar-refractivity contribution in [1.82, 2.24) is 4.90 Å². The maximum absolute atomic E-state index is 6.14. The molecule has 0 atom stereocenters. The minimum Gasteiger partial charge on any atom is -0.496 e. The fourth-order valence-corrected chi connectivity index (χ4v) is 2.25. The summed E-state index contributed by atoms with van der Waals surface area (Å²) in [5.41, 5.74) is 7.43. The average molecular weight is 220 g/mol. The monoisotopic (exact) mass is 220 g/mol. The Morgan fingerprint density at radius 3 is 2.69 bits per heavy atom. The molecule has 2 N–H and O–H groups in total. The summed E-state index contributed by atoms with van der Waals surface area (Å²) < 4.78 is 5.34. The summed E-state index contributed by atoms with van der Waals surface area (Å²) in [5, 5.41) is 0. The number of benzene rings is 1. The quantitative estimate of drug-likeness (QED) is 0.838. The van der Waals surface area contributed by atoms with Gasteiger partial charge in [-0.1, -0.05) is 25.1 Å². The van der Waals surface area contributed by atoms with Crippen LogP contribution >= 0.6 is 0 Å². The fourth-order valence-electron chi connectivity index (χ4n) is 2.25. The van der Waals surface area contributed by atoms with E-state index in [2.05, 4.69) is 17.9 Å². The van der Waals surface area contributed by atoms with E-state index in [0.717, 1.165) is 31.8 Å². The number of hydrogen-bond acceptors (Lipinski definition) is 3. The lowest BCUT2D eigenvalue weighted by atomic mass is 9.88. The molecule has 0 bridgehead atoms. The number of methoxy groups -OCH3 is 1. The Labute approximate surface area is 97.2 Å². The zero-order valence-corrected chi connectivity index (χ0v) is 10.1. The van der Waals surface area contributed by atoms with E-state index in [4.69, 9.17) is 10.5 Å². The maximum atomic E-state index is 6.14. The van der Waals surface area contributed by atoms with Gasteiger partial charge in [0.05, 0.1) is 7.11 Å². The first-order valence-corrected chi connectivity index (χ1v) is 5.80. The normalized spacial score (nSPS) is 19.2. The lowest BCUT2D eigenvalue weighted by Gasteiger charge is -2.47. The van der Waals surface area contributed by atoms with Gasteiger partial charge in [0.25, 0.3) is 0 Å². The van der Waals surface area contributed by atoms with E-state index < -0.39 is 0 Å². The van der Waals surface area contributed by atoms with Crippen LogP contribution in [0, 0.1) is 0 Å². The van der Waals surface area contributed by atoms with E-state index in [-0.39, 0.29) is 5.54 Å². The lowest BCUT2D eigenvalue weighted by Crippen LogP contribution is -2.66. The molecule has 88 valence electrons. The SMILES string of the molecule is CCC1(N)CN(Cc2ccccc2OC)C1. The third kappa shape index (κ3) is 2.20. The predicted molar refractivity (Wildman–Crippen MR) is 65.5 cm³/mol. The molecular weight excluding hydrogens is 200 g/mol. The molecule has 0 aromatic heterocycles. The highest BCUT2D eigenvalue weighted by Crippen LogP contribution is 2.26. The van der Waals surface area contributed by atoms with Crippen molar-refractivity contribution in [2.45, 2.75) is 25.4 Å². The van der Waals surface area contributed by atoms with Crippen molar-refractivity contribution < 1.29 is 4.74 Å². The molecule has 1 fully saturated rings. The van der Waals surface area contributed by atoms with Crippen LogP contribution in [0.1, 0.15) is 18.9 Å². The van der Waals surface area contributed by atoms with Crippen LogP contribution in [0.15, 0.2) is 24.3 Å². The van der Waals surface area contributed by atoms with Crippen molar-refractivity contribution in [1.29, 1.82) is 0 Å². The third-order valence-electron chi connectivity index (χ3n) is 3.37. The van der Waals surface area contributed by atoms with Gasteiger partial charge in [0.15, 0.2) is 0 Å². The highest BCUT2D eigenvalue weighted by atomic mass is 16.5. The Hall–Kier alpha value is -1.06. The molecule has 1 heterocycles. The van der Waals surface area contributed by atoms with Gasteiger partial charge < -0.3 is 10.5 Å². The van der Waals surface area contributed by atoms with E-state index in [1.165, 1.54) is 5.56 Å². The van der Waals surface area contributed by atoms with Crippen molar-refractivity contribution in [3.63, 3.8) is 0 Å². The van der Waals surface area contributed by atoms with Crippen molar-refractivity contribution >= 4 is 0 Å². The number of ether oxygens (including phenoxy) is 1. The van der Waals surface area contributed by atoms with Crippen LogP contribution < -0.4 is 10.5 Å². The topological polar surface area (TPSA) is 38.5 Å². The summed E-state index contributed by atoms with van der Waals surface area (Å²) in [6.45, 7) is 5.06. The molecule has 3 heteroatoms. The number of rotatable bonds is 4. The van der Waals surface area contributed by atoms with Crippen LogP contribution in [0.2, 0.25) is 0 Å². The van der Waals surface area contributed by atoms with E-state index in [0.29, 0.717) is 0 Å². The minimum atomic E-state index is 0.0437. The van der Waals surface area contributed by atoms with Crippen LogP contribution in [-0.2, 0) is 6.54 Å². The Morgan fingerprint density at radius 1 is 1.38 bits per heavy atom. The van der Waals surface area contributed by atoms with Crippen molar-refractivity contribution in [3.8, 4) is 5.75 Å². The summed E-state index contributed by atoms with van der Waals surface area (Å²) in [4.78, 5) is 2.36. The molecule has 0 unspecified atom stereocenters. The molecule has 0 saturated carbocycles. The summed E-state index contributed by atoms with van der Waals surface area (Å²) >= 11 is 0.